The van der Waals surface area contributed by atoms with Gasteiger partial charge in [-0.3, -0.25) is 4.79 Å². The fraction of sp³-hybridized carbons (Fsp3) is 0.222. The lowest BCUT2D eigenvalue weighted by Gasteiger charge is -2.15. The van der Waals surface area contributed by atoms with Gasteiger partial charge in [0.15, 0.2) is 11.6 Å². The Balaban J connectivity index is 2.53. The Bertz CT molecular complexity index is 376. The number of halogens is 2. The number of benzene rings is 1. The Kier molecular flexibility index (Phi) is 2.07. The van der Waals surface area contributed by atoms with Gasteiger partial charge in [-0.15, -0.1) is 0 Å². The van der Waals surface area contributed by atoms with Crippen LogP contribution in [0, 0.1) is 5.82 Å². The van der Waals surface area contributed by atoms with Crippen molar-refractivity contribution < 1.29 is 13.9 Å². The molecule has 0 aliphatic carbocycles. The highest BCUT2D eigenvalue weighted by molar-refractivity contribution is 9.10. The van der Waals surface area contributed by atoms with Crippen molar-refractivity contribution in [3.05, 3.63) is 28.0 Å². The van der Waals surface area contributed by atoms with Gasteiger partial charge in [-0.2, -0.15) is 0 Å². The van der Waals surface area contributed by atoms with Crippen molar-refractivity contribution in [3.8, 4) is 5.75 Å². The number of carbonyl (C=O) groups is 1. The van der Waals surface area contributed by atoms with Crippen LogP contribution in [0.4, 0.5) is 4.39 Å². The van der Waals surface area contributed by atoms with Crippen LogP contribution in [0.3, 0.4) is 0 Å². The molecule has 1 aliphatic rings. The second-order valence-electron chi connectivity index (χ2n) is 2.85. The molecule has 1 heterocycles. The number of hydrogen-bond acceptors (Lipinski definition) is 2. The van der Waals surface area contributed by atoms with Crippen molar-refractivity contribution in [2.24, 2.45) is 0 Å². The maximum Gasteiger partial charge on any atom is 0.311 e. The molecule has 13 heavy (non-hydrogen) atoms. The van der Waals surface area contributed by atoms with E-state index in [1.54, 1.807) is 6.07 Å². The number of hydrogen-bond donors (Lipinski definition) is 0. The van der Waals surface area contributed by atoms with E-state index >= 15 is 0 Å². The second-order valence-corrected chi connectivity index (χ2v) is 3.77. The highest BCUT2D eigenvalue weighted by Crippen LogP contribution is 2.31. The molecule has 0 aromatic heterocycles. The number of fused-ring (bicyclic) bond motifs is 1. The smallest absolute Gasteiger partial charge is 0.311 e. The third-order valence-electron chi connectivity index (χ3n) is 1.90. The largest absolute Gasteiger partial charge is 0.423 e. The molecule has 0 saturated carbocycles. The summed E-state index contributed by atoms with van der Waals surface area (Å²) in [6, 6.07) is 3.06. The number of rotatable bonds is 0. The minimum Gasteiger partial charge on any atom is -0.423 e. The van der Waals surface area contributed by atoms with E-state index in [4.69, 9.17) is 4.74 Å². The third-order valence-corrected chi connectivity index (χ3v) is 2.36. The quantitative estimate of drug-likeness (QED) is 0.518. The summed E-state index contributed by atoms with van der Waals surface area (Å²) in [5, 5.41) is 0. The van der Waals surface area contributed by atoms with Crippen LogP contribution >= 0.6 is 15.9 Å². The average Bonchev–Trinajstić information content (AvgIpc) is 2.06. The van der Waals surface area contributed by atoms with Crippen molar-refractivity contribution in [1.82, 2.24) is 0 Å². The normalized spacial score (nSPS) is 15.1. The Morgan fingerprint density at radius 3 is 2.92 bits per heavy atom. The zero-order valence-corrected chi connectivity index (χ0v) is 8.23. The van der Waals surface area contributed by atoms with Crippen molar-refractivity contribution in [2.45, 2.75) is 12.8 Å². The van der Waals surface area contributed by atoms with E-state index < -0.39 is 5.82 Å². The molecule has 1 aromatic rings. The van der Waals surface area contributed by atoms with Crippen molar-refractivity contribution in [1.29, 1.82) is 0 Å². The summed E-state index contributed by atoms with van der Waals surface area (Å²) >= 11 is 3.18. The van der Waals surface area contributed by atoms with Gasteiger partial charge in [-0.05, 0) is 24.1 Å². The van der Waals surface area contributed by atoms with Gasteiger partial charge < -0.3 is 4.74 Å². The Labute approximate surface area is 82.8 Å². The summed E-state index contributed by atoms with van der Waals surface area (Å²) in [6.07, 6.45) is 0.868. The molecule has 0 bridgehead atoms. The van der Waals surface area contributed by atoms with Gasteiger partial charge in [0.25, 0.3) is 0 Å². The Hall–Kier alpha value is -0.900. The maximum atomic E-state index is 13.2. The van der Waals surface area contributed by atoms with Gasteiger partial charge >= 0.3 is 5.97 Å². The minimum atomic E-state index is -0.488. The van der Waals surface area contributed by atoms with E-state index in [2.05, 4.69) is 15.9 Å². The molecule has 2 rings (SSSR count). The molecule has 0 unspecified atom stereocenters. The van der Waals surface area contributed by atoms with E-state index in [0.29, 0.717) is 17.3 Å². The molecule has 0 atom stereocenters. The van der Waals surface area contributed by atoms with Crippen LogP contribution in [0.1, 0.15) is 12.0 Å². The first-order valence-electron chi connectivity index (χ1n) is 3.85. The van der Waals surface area contributed by atoms with Crippen LogP contribution < -0.4 is 4.74 Å². The summed E-state index contributed by atoms with van der Waals surface area (Å²) in [6.45, 7) is 0. The molecule has 68 valence electrons. The van der Waals surface area contributed by atoms with E-state index in [-0.39, 0.29) is 11.7 Å². The fourth-order valence-corrected chi connectivity index (χ4v) is 1.79. The van der Waals surface area contributed by atoms with Gasteiger partial charge in [0.2, 0.25) is 0 Å². The molecule has 2 nitrogen and oxygen atoms in total. The number of esters is 1. The van der Waals surface area contributed by atoms with Gasteiger partial charge in [0.1, 0.15) is 0 Å². The lowest BCUT2D eigenvalue weighted by Crippen LogP contribution is -2.16. The molecule has 0 spiro atoms. The number of ether oxygens (including phenoxy) is 1. The Morgan fingerprint density at radius 2 is 2.15 bits per heavy atom. The molecule has 1 aliphatic heterocycles. The summed E-state index contributed by atoms with van der Waals surface area (Å²) in [7, 11) is 0. The van der Waals surface area contributed by atoms with Crippen molar-refractivity contribution in [3.63, 3.8) is 0 Å². The van der Waals surface area contributed by atoms with E-state index in [1.165, 1.54) is 6.07 Å². The lowest BCUT2D eigenvalue weighted by atomic mass is 10.1. The summed E-state index contributed by atoms with van der Waals surface area (Å²) in [5.41, 5.74) is 0.742. The predicted molar refractivity (Wildman–Crippen MR) is 48.1 cm³/mol. The number of aryl methyl sites for hydroxylation is 1. The first kappa shape index (κ1) is 8.69. The minimum absolute atomic E-state index is 0.0828. The highest BCUT2D eigenvalue weighted by Gasteiger charge is 2.20. The molecule has 0 fully saturated rings. The third kappa shape index (κ3) is 1.58. The fourth-order valence-electron chi connectivity index (χ4n) is 1.32. The van der Waals surface area contributed by atoms with Crippen molar-refractivity contribution >= 4 is 21.9 Å². The predicted octanol–water partition coefficient (Wildman–Crippen LogP) is 2.44. The molecular weight excluding hydrogens is 239 g/mol. The zero-order valence-electron chi connectivity index (χ0n) is 6.64. The maximum absolute atomic E-state index is 13.2. The topological polar surface area (TPSA) is 26.3 Å². The molecule has 0 radical (unpaired) electrons. The first-order valence-corrected chi connectivity index (χ1v) is 4.65. The summed E-state index contributed by atoms with van der Waals surface area (Å²) < 4.78 is 18.6. The molecule has 4 heteroatoms. The van der Waals surface area contributed by atoms with Gasteiger partial charge in [0.05, 0.1) is 6.42 Å². The zero-order chi connectivity index (χ0) is 9.42. The molecule has 0 amide bonds. The van der Waals surface area contributed by atoms with Crippen molar-refractivity contribution in [2.75, 3.05) is 0 Å². The summed E-state index contributed by atoms with van der Waals surface area (Å²) in [4.78, 5) is 10.9. The first-order chi connectivity index (χ1) is 6.16. The van der Waals surface area contributed by atoms with Crippen LogP contribution in [0.15, 0.2) is 16.6 Å². The van der Waals surface area contributed by atoms with Crippen LogP contribution in [-0.2, 0) is 11.2 Å². The number of carbonyl (C=O) groups excluding carboxylic acids is 1. The summed E-state index contributed by atoms with van der Waals surface area (Å²) in [5.74, 6) is -0.773. The highest BCUT2D eigenvalue weighted by atomic mass is 79.9. The molecular formula is C9H6BrFO2. The van der Waals surface area contributed by atoms with E-state index in [1.807, 2.05) is 0 Å². The molecule has 0 saturated heterocycles. The van der Waals surface area contributed by atoms with Gasteiger partial charge in [-0.1, -0.05) is 15.9 Å². The van der Waals surface area contributed by atoms with Gasteiger partial charge in [0, 0.05) is 4.47 Å². The molecule has 0 N–H and O–H groups in total. The standard InChI is InChI=1S/C9H6BrFO2/c10-6-3-5-1-2-8(12)13-9(5)7(11)4-6/h3-4H,1-2H2. The SMILES string of the molecule is O=C1CCc2cc(Br)cc(F)c2O1. The van der Waals surface area contributed by atoms with Gasteiger partial charge in [-0.25, -0.2) is 4.39 Å². The van der Waals surface area contributed by atoms with Crippen LogP contribution in [0.2, 0.25) is 0 Å². The average molecular weight is 245 g/mol. The second kappa shape index (κ2) is 3.10. The van der Waals surface area contributed by atoms with Crippen LogP contribution in [0.5, 0.6) is 5.75 Å². The monoisotopic (exact) mass is 244 g/mol. The van der Waals surface area contributed by atoms with Crippen LogP contribution in [0.25, 0.3) is 0 Å². The van der Waals surface area contributed by atoms with Crippen LogP contribution in [-0.4, -0.2) is 5.97 Å². The van der Waals surface area contributed by atoms with E-state index in [0.717, 1.165) is 5.56 Å². The Morgan fingerprint density at radius 1 is 1.38 bits per heavy atom. The van der Waals surface area contributed by atoms with E-state index in [9.17, 15) is 9.18 Å². The molecule has 1 aromatic carbocycles. The lowest BCUT2D eigenvalue weighted by molar-refractivity contribution is -0.135.